The van der Waals surface area contributed by atoms with Gasteiger partial charge in [0.05, 0.1) is 19.2 Å². The SMILES string of the molecule is C/C=C/CN1C(=O)N[C@H]2CS[C@@H](CCCCC(=O)OC)[C@H]21. The minimum atomic E-state index is -0.139. The van der Waals surface area contributed by atoms with Gasteiger partial charge < -0.3 is 15.0 Å². The highest BCUT2D eigenvalue weighted by atomic mass is 32.2. The van der Waals surface area contributed by atoms with Crippen molar-refractivity contribution < 1.29 is 14.3 Å². The molecule has 21 heavy (non-hydrogen) atoms. The highest BCUT2D eigenvalue weighted by Gasteiger charge is 2.47. The lowest BCUT2D eigenvalue weighted by atomic mass is 10.0. The van der Waals surface area contributed by atoms with Crippen molar-refractivity contribution in [3.8, 4) is 0 Å². The van der Waals surface area contributed by atoms with E-state index >= 15 is 0 Å². The molecule has 2 aliphatic rings. The second-order valence-electron chi connectivity index (χ2n) is 5.46. The molecule has 0 bridgehead atoms. The standard InChI is InChI=1S/C15H24N2O3S/c1-3-4-9-17-14-11(16-15(17)19)10-21-12(14)7-5-6-8-13(18)20-2/h3-4,11-12,14H,5-10H2,1-2H3,(H,16,19)/b4-3+/t11-,12-,14-/m0/s1. The summed E-state index contributed by atoms with van der Waals surface area (Å²) in [6.07, 6.45) is 7.40. The zero-order valence-electron chi connectivity index (χ0n) is 12.7. The van der Waals surface area contributed by atoms with Gasteiger partial charge in [-0.2, -0.15) is 11.8 Å². The minimum absolute atomic E-state index is 0.0583. The number of methoxy groups -OCH3 is 1. The molecule has 6 heteroatoms. The fourth-order valence-electron chi connectivity index (χ4n) is 3.00. The largest absolute Gasteiger partial charge is 0.469 e. The molecule has 0 aliphatic carbocycles. The smallest absolute Gasteiger partial charge is 0.318 e. The van der Waals surface area contributed by atoms with Crippen molar-refractivity contribution in [1.29, 1.82) is 0 Å². The molecule has 0 radical (unpaired) electrons. The first-order valence-electron chi connectivity index (χ1n) is 7.54. The summed E-state index contributed by atoms with van der Waals surface area (Å²) < 4.78 is 4.65. The molecule has 2 fully saturated rings. The molecule has 2 aliphatic heterocycles. The molecule has 0 aromatic carbocycles. The van der Waals surface area contributed by atoms with E-state index in [0.29, 0.717) is 18.2 Å². The number of fused-ring (bicyclic) bond motifs is 1. The molecule has 0 aromatic heterocycles. The van der Waals surface area contributed by atoms with Crippen molar-refractivity contribution in [2.24, 2.45) is 0 Å². The van der Waals surface area contributed by atoms with Crippen molar-refractivity contribution in [3.63, 3.8) is 0 Å². The summed E-state index contributed by atoms with van der Waals surface area (Å²) >= 11 is 1.94. The number of nitrogens with zero attached hydrogens (tertiary/aromatic N) is 1. The topological polar surface area (TPSA) is 58.6 Å². The molecule has 3 atom stereocenters. The van der Waals surface area contributed by atoms with Gasteiger partial charge in [-0.15, -0.1) is 0 Å². The number of esters is 1. The average molecular weight is 312 g/mol. The van der Waals surface area contributed by atoms with Gasteiger partial charge in [-0.25, -0.2) is 4.79 Å². The van der Waals surface area contributed by atoms with E-state index in [1.54, 1.807) is 0 Å². The van der Waals surface area contributed by atoms with Crippen LogP contribution in [-0.2, 0) is 9.53 Å². The second-order valence-corrected chi connectivity index (χ2v) is 6.73. The first-order valence-corrected chi connectivity index (χ1v) is 8.59. The van der Waals surface area contributed by atoms with E-state index in [-0.39, 0.29) is 24.1 Å². The van der Waals surface area contributed by atoms with Gasteiger partial charge in [-0.3, -0.25) is 4.79 Å². The maximum Gasteiger partial charge on any atom is 0.318 e. The number of hydrogen-bond donors (Lipinski definition) is 1. The molecule has 0 aromatic rings. The van der Waals surface area contributed by atoms with E-state index in [0.717, 1.165) is 25.0 Å². The Morgan fingerprint density at radius 3 is 3.05 bits per heavy atom. The number of nitrogens with one attached hydrogen (secondary N) is 1. The van der Waals surface area contributed by atoms with Crippen molar-refractivity contribution >= 4 is 23.8 Å². The predicted octanol–water partition coefficient (Wildman–Crippen LogP) is 2.17. The van der Waals surface area contributed by atoms with Crippen LogP contribution in [0.2, 0.25) is 0 Å². The fraction of sp³-hybridized carbons (Fsp3) is 0.733. The summed E-state index contributed by atoms with van der Waals surface area (Å²) in [5.41, 5.74) is 0. The maximum absolute atomic E-state index is 12.0. The third-order valence-corrected chi connectivity index (χ3v) is 5.59. The lowest BCUT2D eigenvalue weighted by molar-refractivity contribution is -0.140. The Bertz CT molecular complexity index is 414. The number of ether oxygens (including phenoxy) is 1. The number of unbranched alkanes of at least 4 members (excludes halogenated alkanes) is 1. The van der Waals surface area contributed by atoms with Crippen LogP contribution in [0.25, 0.3) is 0 Å². The van der Waals surface area contributed by atoms with Gasteiger partial charge in [0.1, 0.15) is 0 Å². The van der Waals surface area contributed by atoms with E-state index < -0.39 is 0 Å². The fourth-order valence-corrected chi connectivity index (χ4v) is 4.60. The van der Waals surface area contributed by atoms with Gasteiger partial charge in [-0.1, -0.05) is 18.6 Å². The molecule has 2 heterocycles. The molecule has 0 saturated carbocycles. The van der Waals surface area contributed by atoms with Gasteiger partial charge in [0.15, 0.2) is 0 Å². The molecule has 118 valence electrons. The summed E-state index contributed by atoms with van der Waals surface area (Å²) in [6, 6.07) is 0.623. The normalized spacial score (nSPS) is 28.0. The van der Waals surface area contributed by atoms with Crippen LogP contribution in [0.1, 0.15) is 32.6 Å². The van der Waals surface area contributed by atoms with Crippen LogP contribution in [-0.4, -0.2) is 53.6 Å². The molecular formula is C15H24N2O3S. The third kappa shape index (κ3) is 3.93. The zero-order valence-corrected chi connectivity index (χ0v) is 13.5. The van der Waals surface area contributed by atoms with E-state index in [1.165, 1.54) is 7.11 Å². The van der Waals surface area contributed by atoms with Gasteiger partial charge >= 0.3 is 12.0 Å². The first-order chi connectivity index (χ1) is 10.2. The first kappa shape index (κ1) is 16.2. The predicted molar refractivity (Wildman–Crippen MR) is 84.4 cm³/mol. The van der Waals surface area contributed by atoms with Crippen molar-refractivity contribution in [2.45, 2.75) is 49.9 Å². The van der Waals surface area contributed by atoms with E-state index in [1.807, 2.05) is 35.7 Å². The van der Waals surface area contributed by atoms with Crippen LogP contribution < -0.4 is 5.32 Å². The number of allylic oxidation sites excluding steroid dienone is 1. The summed E-state index contributed by atoms with van der Waals surface area (Å²) in [7, 11) is 1.43. The van der Waals surface area contributed by atoms with Crippen LogP contribution in [0.5, 0.6) is 0 Å². The Balaban J connectivity index is 1.83. The Kier molecular flexibility index (Phi) is 5.96. The lowest BCUT2D eigenvalue weighted by Gasteiger charge is -2.26. The summed E-state index contributed by atoms with van der Waals surface area (Å²) in [5, 5.41) is 3.55. The summed E-state index contributed by atoms with van der Waals surface area (Å²) in [5.74, 6) is 0.851. The number of hydrogen-bond acceptors (Lipinski definition) is 4. The number of carbonyl (C=O) groups is 2. The number of amides is 2. The third-order valence-electron chi connectivity index (χ3n) is 4.10. The molecule has 2 amide bonds. The molecule has 0 unspecified atom stereocenters. The molecular weight excluding hydrogens is 288 g/mol. The average Bonchev–Trinajstić information content (AvgIpc) is 3.00. The van der Waals surface area contributed by atoms with Crippen LogP contribution >= 0.6 is 11.8 Å². The maximum atomic E-state index is 12.0. The Hall–Kier alpha value is -1.17. The number of carbonyl (C=O) groups excluding carboxylic acids is 2. The number of thioether (sulfide) groups is 1. The zero-order chi connectivity index (χ0) is 15.2. The number of urea groups is 1. The van der Waals surface area contributed by atoms with E-state index in [4.69, 9.17) is 0 Å². The second kappa shape index (κ2) is 7.73. The quantitative estimate of drug-likeness (QED) is 0.339. The van der Waals surface area contributed by atoms with Gasteiger partial charge in [0.2, 0.25) is 0 Å². The molecule has 1 N–H and O–H groups in total. The Labute approximate surface area is 130 Å². The van der Waals surface area contributed by atoms with Crippen molar-refractivity contribution in [1.82, 2.24) is 10.2 Å². The highest BCUT2D eigenvalue weighted by Crippen LogP contribution is 2.37. The molecule has 2 saturated heterocycles. The molecule has 0 spiro atoms. The van der Waals surface area contributed by atoms with Gasteiger partial charge in [0, 0.05) is 24.0 Å². The summed E-state index contributed by atoms with van der Waals surface area (Å²) in [6.45, 7) is 2.65. The van der Waals surface area contributed by atoms with Gasteiger partial charge in [0.25, 0.3) is 0 Å². The van der Waals surface area contributed by atoms with Crippen molar-refractivity contribution in [3.05, 3.63) is 12.2 Å². The molecule has 2 rings (SSSR count). The lowest BCUT2D eigenvalue weighted by Crippen LogP contribution is -2.40. The molecule has 5 nitrogen and oxygen atoms in total. The number of rotatable bonds is 7. The van der Waals surface area contributed by atoms with Crippen LogP contribution in [0.15, 0.2) is 12.2 Å². The van der Waals surface area contributed by atoms with E-state index in [9.17, 15) is 9.59 Å². The minimum Gasteiger partial charge on any atom is -0.469 e. The Morgan fingerprint density at radius 1 is 1.52 bits per heavy atom. The van der Waals surface area contributed by atoms with Crippen LogP contribution in [0.4, 0.5) is 4.79 Å². The highest BCUT2D eigenvalue weighted by molar-refractivity contribution is 8.00. The van der Waals surface area contributed by atoms with E-state index in [2.05, 4.69) is 10.1 Å². The Morgan fingerprint density at radius 2 is 2.33 bits per heavy atom. The van der Waals surface area contributed by atoms with Gasteiger partial charge in [-0.05, 0) is 19.8 Å². The summed E-state index contributed by atoms with van der Waals surface area (Å²) in [4.78, 5) is 25.1. The van der Waals surface area contributed by atoms with Crippen LogP contribution in [0.3, 0.4) is 0 Å². The monoisotopic (exact) mass is 312 g/mol. The van der Waals surface area contributed by atoms with Crippen molar-refractivity contribution in [2.75, 3.05) is 19.4 Å². The van der Waals surface area contributed by atoms with Crippen LogP contribution in [0, 0.1) is 0 Å².